The largest absolute Gasteiger partial charge is 0.444 e. The van der Waals surface area contributed by atoms with Crippen LogP contribution in [0.3, 0.4) is 0 Å². The molecule has 1 fully saturated rings. The van der Waals surface area contributed by atoms with Crippen molar-refractivity contribution in [3.63, 3.8) is 0 Å². The maximum atomic E-state index is 13.2. The van der Waals surface area contributed by atoms with Crippen LogP contribution in [-0.2, 0) is 20.9 Å². The Kier molecular flexibility index (Phi) is 10.6. The molecule has 2 N–H and O–H groups in total. The van der Waals surface area contributed by atoms with E-state index in [1.54, 1.807) is 24.4 Å². The standard InChI is InChI=1S/C28H48N6O5Si/c1-19(17-37-6)30-26(35)22-16-33(18-38-12-13-40(7,8)9)25-24(22)32-23(15-29-25)31-21-10-11-34(20(2)14-21)27(36)39-28(3,4)5/h15-16,19-21H,10-14,17-18H2,1-9H3,(H,30,35)(H,31,32)/t19-,20+,21+/m0/s1. The Bertz CT molecular complexity index is 1160. The van der Waals surface area contributed by atoms with Gasteiger partial charge in [0.1, 0.15) is 23.7 Å². The number of likely N-dealkylation sites (tertiary alicyclic amines) is 1. The third kappa shape index (κ3) is 9.17. The fourth-order valence-corrected chi connectivity index (χ4v) is 5.38. The molecule has 40 heavy (non-hydrogen) atoms. The molecule has 0 spiro atoms. The van der Waals surface area contributed by atoms with Gasteiger partial charge in [0.25, 0.3) is 5.91 Å². The lowest BCUT2D eigenvalue weighted by molar-refractivity contribution is 0.0112. The zero-order valence-corrected chi connectivity index (χ0v) is 26.7. The molecule has 0 aromatic carbocycles. The molecular weight excluding hydrogens is 528 g/mol. The van der Waals surface area contributed by atoms with Crippen LogP contribution in [0.5, 0.6) is 0 Å². The highest BCUT2D eigenvalue weighted by Crippen LogP contribution is 2.25. The predicted molar refractivity (Wildman–Crippen MR) is 159 cm³/mol. The summed E-state index contributed by atoms with van der Waals surface area (Å²) in [6, 6.07) is 1.01. The van der Waals surface area contributed by atoms with E-state index in [2.05, 4.69) is 35.3 Å². The number of ether oxygens (including phenoxy) is 3. The van der Waals surface area contributed by atoms with E-state index in [0.717, 1.165) is 18.9 Å². The number of carbonyl (C=O) groups is 2. The van der Waals surface area contributed by atoms with E-state index in [-0.39, 0.29) is 30.1 Å². The van der Waals surface area contributed by atoms with Crippen LogP contribution in [0.2, 0.25) is 25.7 Å². The molecule has 11 nitrogen and oxygen atoms in total. The van der Waals surface area contributed by atoms with E-state index in [1.807, 2.05) is 39.2 Å². The monoisotopic (exact) mass is 576 g/mol. The summed E-state index contributed by atoms with van der Waals surface area (Å²) in [5, 5.41) is 6.45. The molecule has 3 rings (SSSR count). The summed E-state index contributed by atoms with van der Waals surface area (Å²) >= 11 is 0. The Morgan fingerprint density at radius 1 is 1.25 bits per heavy atom. The van der Waals surface area contributed by atoms with Crippen molar-refractivity contribution < 1.29 is 23.8 Å². The van der Waals surface area contributed by atoms with Gasteiger partial charge in [-0.2, -0.15) is 0 Å². The fourth-order valence-electron chi connectivity index (χ4n) is 4.62. The molecule has 0 radical (unpaired) electrons. The highest BCUT2D eigenvalue weighted by Gasteiger charge is 2.32. The Balaban J connectivity index is 1.76. The molecule has 0 unspecified atom stereocenters. The van der Waals surface area contributed by atoms with Gasteiger partial charge in [-0.05, 0) is 53.5 Å². The van der Waals surface area contributed by atoms with Crippen molar-refractivity contribution in [1.82, 2.24) is 24.8 Å². The summed E-state index contributed by atoms with van der Waals surface area (Å²) in [5.41, 5.74) is 1.02. The lowest BCUT2D eigenvalue weighted by Gasteiger charge is -2.38. The molecule has 2 aromatic heterocycles. The summed E-state index contributed by atoms with van der Waals surface area (Å²) in [6.07, 6.45) is 4.66. The number of rotatable bonds is 11. The number of aromatic nitrogens is 3. The highest BCUT2D eigenvalue weighted by molar-refractivity contribution is 6.76. The normalized spacial score (nSPS) is 19.0. The molecular formula is C28H48N6O5Si. The fraction of sp³-hybridized carbons (Fsp3) is 0.714. The van der Waals surface area contributed by atoms with E-state index in [9.17, 15) is 9.59 Å². The van der Waals surface area contributed by atoms with Gasteiger partial charge in [0, 0.05) is 52.7 Å². The molecule has 224 valence electrons. The Labute approximate surface area is 239 Å². The smallest absolute Gasteiger partial charge is 0.410 e. The van der Waals surface area contributed by atoms with E-state index in [0.29, 0.717) is 49.0 Å². The number of piperidine rings is 1. The number of nitrogens with zero attached hydrogens (tertiary/aromatic N) is 4. The number of hydrogen-bond acceptors (Lipinski definition) is 8. The summed E-state index contributed by atoms with van der Waals surface area (Å²) in [5.74, 6) is 0.355. The minimum atomic E-state index is -1.22. The summed E-state index contributed by atoms with van der Waals surface area (Å²) in [7, 11) is 0.387. The number of fused-ring (bicyclic) bond motifs is 1. The Hall–Kier alpha value is -2.70. The highest BCUT2D eigenvalue weighted by atomic mass is 28.3. The van der Waals surface area contributed by atoms with Crippen LogP contribution in [0, 0.1) is 0 Å². The van der Waals surface area contributed by atoms with E-state index in [4.69, 9.17) is 19.2 Å². The van der Waals surface area contributed by atoms with Gasteiger partial charge in [-0.3, -0.25) is 4.79 Å². The van der Waals surface area contributed by atoms with Crippen LogP contribution >= 0.6 is 0 Å². The topological polar surface area (TPSA) is 120 Å². The van der Waals surface area contributed by atoms with Gasteiger partial charge in [0.05, 0.1) is 18.4 Å². The molecule has 3 atom stereocenters. The molecule has 1 aliphatic heterocycles. The molecule has 1 aliphatic rings. The number of hydrogen-bond donors (Lipinski definition) is 2. The predicted octanol–water partition coefficient (Wildman–Crippen LogP) is 4.71. The van der Waals surface area contributed by atoms with Crippen LogP contribution in [0.4, 0.5) is 10.6 Å². The Morgan fingerprint density at radius 3 is 2.60 bits per heavy atom. The summed E-state index contributed by atoms with van der Waals surface area (Å²) < 4.78 is 18.5. The second kappa shape index (κ2) is 13.3. The molecule has 0 bridgehead atoms. The van der Waals surface area contributed by atoms with Gasteiger partial charge in [-0.15, -0.1) is 0 Å². The van der Waals surface area contributed by atoms with Crippen molar-refractivity contribution in [1.29, 1.82) is 0 Å². The third-order valence-corrected chi connectivity index (χ3v) is 8.39. The van der Waals surface area contributed by atoms with Gasteiger partial charge < -0.3 is 34.3 Å². The first-order chi connectivity index (χ1) is 18.7. The average Bonchev–Trinajstić information content (AvgIpc) is 3.18. The van der Waals surface area contributed by atoms with Crippen LogP contribution in [0.25, 0.3) is 11.2 Å². The maximum absolute atomic E-state index is 13.2. The van der Waals surface area contributed by atoms with E-state index < -0.39 is 13.7 Å². The van der Waals surface area contributed by atoms with Crippen LogP contribution in [0.1, 0.15) is 57.8 Å². The van der Waals surface area contributed by atoms with Gasteiger partial charge in [0.15, 0.2) is 5.65 Å². The number of amides is 2. The van der Waals surface area contributed by atoms with E-state index >= 15 is 0 Å². The molecule has 0 aliphatic carbocycles. The maximum Gasteiger partial charge on any atom is 0.410 e. The summed E-state index contributed by atoms with van der Waals surface area (Å²) in [6.45, 7) is 18.4. The Morgan fingerprint density at radius 2 is 1.98 bits per heavy atom. The quantitative estimate of drug-likeness (QED) is 0.292. The number of anilines is 1. The minimum Gasteiger partial charge on any atom is -0.444 e. The first kappa shape index (κ1) is 31.8. The van der Waals surface area contributed by atoms with Gasteiger partial charge in [0.2, 0.25) is 0 Å². The average molecular weight is 577 g/mol. The van der Waals surface area contributed by atoms with Crippen molar-refractivity contribution in [2.45, 2.75) is 104 Å². The SMILES string of the molecule is COC[C@H](C)NC(=O)c1cn(COCC[Si](C)(C)C)c2ncc(N[C@@H]3CCN(C(=O)OC(C)(C)C)[C@H](C)C3)nc12. The van der Waals surface area contributed by atoms with Crippen LogP contribution in [-0.4, -0.2) is 90.1 Å². The second-order valence-electron chi connectivity index (χ2n) is 13.0. The van der Waals surface area contributed by atoms with Crippen molar-refractivity contribution in [3.05, 3.63) is 18.0 Å². The van der Waals surface area contributed by atoms with Crippen molar-refractivity contribution in [2.24, 2.45) is 0 Å². The van der Waals surface area contributed by atoms with Gasteiger partial charge >= 0.3 is 6.09 Å². The van der Waals surface area contributed by atoms with Crippen LogP contribution < -0.4 is 10.6 Å². The molecule has 2 aromatic rings. The van der Waals surface area contributed by atoms with E-state index in [1.165, 1.54) is 0 Å². The number of methoxy groups -OCH3 is 1. The zero-order chi connectivity index (χ0) is 29.7. The lowest BCUT2D eigenvalue weighted by Crippen LogP contribution is -2.49. The molecule has 0 saturated carbocycles. The first-order valence-electron chi connectivity index (χ1n) is 14.2. The third-order valence-electron chi connectivity index (χ3n) is 6.69. The summed E-state index contributed by atoms with van der Waals surface area (Å²) in [4.78, 5) is 37.1. The first-order valence-corrected chi connectivity index (χ1v) is 17.9. The minimum absolute atomic E-state index is 0.00999. The lowest BCUT2D eigenvalue weighted by atomic mass is 9.99. The molecule has 3 heterocycles. The molecule has 12 heteroatoms. The van der Waals surface area contributed by atoms with Crippen molar-refractivity contribution >= 4 is 37.1 Å². The molecule has 2 amide bonds. The zero-order valence-electron chi connectivity index (χ0n) is 25.7. The molecule has 1 saturated heterocycles. The van der Waals surface area contributed by atoms with Crippen molar-refractivity contribution in [2.75, 3.05) is 32.2 Å². The van der Waals surface area contributed by atoms with Gasteiger partial charge in [-0.25, -0.2) is 14.8 Å². The van der Waals surface area contributed by atoms with Crippen LogP contribution in [0.15, 0.2) is 12.4 Å². The number of nitrogens with one attached hydrogen (secondary N) is 2. The number of carbonyl (C=O) groups excluding carboxylic acids is 2. The second-order valence-corrected chi connectivity index (χ2v) is 18.6. The van der Waals surface area contributed by atoms with Gasteiger partial charge in [-0.1, -0.05) is 19.6 Å². The van der Waals surface area contributed by atoms with Crippen molar-refractivity contribution in [3.8, 4) is 0 Å².